The lowest BCUT2D eigenvalue weighted by Gasteiger charge is -2.09. The van der Waals surface area contributed by atoms with Gasteiger partial charge in [-0.15, -0.1) is 0 Å². The molecule has 0 radical (unpaired) electrons. The highest BCUT2D eigenvalue weighted by Crippen LogP contribution is 2.18. The Kier molecular flexibility index (Phi) is 4.11. The third-order valence-electron chi connectivity index (χ3n) is 3.07. The molecule has 0 amide bonds. The van der Waals surface area contributed by atoms with Crippen LogP contribution in [0.25, 0.3) is 0 Å². The largest absolute Gasteiger partial charge is 0.388 e. The zero-order chi connectivity index (χ0) is 13.0. The maximum Gasteiger partial charge on any atom is 0.123 e. The minimum absolute atomic E-state index is 0.208. The Morgan fingerprint density at radius 1 is 0.944 bits per heavy atom. The van der Waals surface area contributed by atoms with Crippen LogP contribution in [0.5, 0.6) is 0 Å². The lowest BCUT2D eigenvalue weighted by atomic mass is 10.0. The summed E-state index contributed by atoms with van der Waals surface area (Å²) in [5.41, 5.74) is 3.19. The summed E-state index contributed by atoms with van der Waals surface area (Å²) in [5, 5.41) is 9.70. The van der Waals surface area contributed by atoms with Gasteiger partial charge in [-0.3, -0.25) is 0 Å². The van der Waals surface area contributed by atoms with Gasteiger partial charge in [0.05, 0.1) is 6.10 Å². The van der Waals surface area contributed by atoms with Crippen molar-refractivity contribution in [3.8, 4) is 0 Å². The molecule has 94 valence electrons. The van der Waals surface area contributed by atoms with Crippen molar-refractivity contribution in [3.63, 3.8) is 0 Å². The number of halogens is 1. The monoisotopic (exact) mass is 244 g/mol. The Hall–Kier alpha value is -1.67. The van der Waals surface area contributed by atoms with Crippen molar-refractivity contribution in [2.75, 3.05) is 0 Å². The van der Waals surface area contributed by atoms with Gasteiger partial charge in [0.25, 0.3) is 0 Å². The van der Waals surface area contributed by atoms with Gasteiger partial charge in [-0.25, -0.2) is 4.39 Å². The molecule has 1 atom stereocenters. The molecule has 2 aromatic carbocycles. The molecular formula is C16H17FO. The van der Waals surface area contributed by atoms with Crippen molar-refractivity contribution in [1.82, 2.24) is 0 Å². The van der Waals surface area contributed by atoms with E-state index in [0.29, 0.717) is 0 Å². The predicted octanol–water partition coefficient (Wildman–Crippen LogP) is 3.86. The molecule has 1 N–H and O–H groups in total. The first-order valence-electron chi connectivity index (χ1n) is 6.20. The van der Waals surface area contributed by atoms with Crippen molar-refractivity contribution < 1.29 is 9.50 Å². The second kappa shape index (κ2) is 5.78. The van der Waals surface area contributed by atoms with E-state index >= 15 is 0 Å². The van der Waals surface area contributed by atoms with E-state index in [4.69, 9.17) is 0 Å². The number of aliphatic hydroxyl groups is 1. The van der Waals surface area contributed by atoms with E-state index < -0.39 is 0 Å². The maximum absolute atomic E-state index is 12.8. The Balaban J connectivity index is 2.08. The molecule has 0 aliphatic heterocycles. The second-order valence-electron chi connectivity index (χ2n) is 4.47. The summed E-state index contributed by atoms with van der Waals surface area (Å²) in [5.74, 6) is -0.208. The maximum atomic E-state index is 12.8. The summed E-state index contributed by atoms with van der Waals surface area (Å²) < 4.78 is 12.8. The van der Waals surface area contributed by atoms with Crippen LogP contribution in [0.2, 0.25) is 0 Å². The highest BCUT2D eigenvalue weighted by Gasteiger charge is 2.04. The Bertz CT molecular complexity index is 488. The van der Waals surface area contributed by atoms with Crippen molar-refractivity contribution >= 4 is 0 Å². The smallest absolute Gasteiger partial charge is 0.123 e. The van der Waals surface area contributed by atoms with Crippen LogP contribution in [0.4, 0.5) is 4.39 Å². The fourth-order valence-electron chi connectivity index (χ4n) is 1.93. The number of benzene rings is 2. The Morgan fingerprint density at radius 2 is 1.44 bits per heavy atom. The standard InChI is InChI=1S/C16H17FO/c1-2-16(18)14-7-3-12(4-8-14)11-13-5-9-15(17)10-6-13/h3-10,16,18H,2,11H2,1H3/t16-/m1/s1. The van der Waals surface area contributed by atoms with Crippen LogP contribution in [-0.2, 0) is 6.42 Å². The second-order valence-corrected chi connectivity index (χ2v) is 4.47. The molecule has 0 aliphatic carbocycles. The number of hydrogen-bond acceptors (Lipinski definition) is 1. The van der Waals surface area contributed by atoms with Gasteiger partial charge in [-0.1, -0.05) is 43.3 Å². The van der Waals surface area contributed by atoms with Gasteiger partial charge in [0.2, 0.25) is 0 Å². The van der Waals surface area contributed by atoms with Gasteiger partial charge < -0.3 is 5.11 Å². The lowest BCUT2D eigenvalue weighted by molar-refractivity contribution is 0.173. The van der Waals surface area contributed by atoms with Crippen LogP contribution in [0.3, 0.4) is 0 Å². The third kappa shape index (κ3) is 3.17. The summed E-state index contributed by atoms with van der Waals surface area (Å²) in [6, 6.07) is 14.5. The van der Waals surface area contributed by atoms with Crippen molar-refractivity contribution in [1.29, 1.82) is 0 Å². The highest BCUT2D eigenvalue weighted by atomic mass is 19.1. The Morgan fingerprint density at radius 3 is 1.94 bits per heavy atom. The van der Waals surface area contributed by atoms with Gasteiger partial charge in [-0.05, 0) is 41.7 Å². The number of hydrogen-bond donors (Lipinski definition) is 1. The third-order valence-corrected chi connectivity index (χ3v) is 3.07. The van der Waals surface area contributed by atoms with Gasteiger partial charge in [0.1, 0.15) is 5.82 Å². The predicted molar refractivity (Wildman–Crippen MR) is 70.9 cm³/mol. The van der Waals surface area contributed by atoms with Crippen molar-refractivity contribution in [2.45, 2.75) is 25.9 Å². The van der Waals surface area contributed by atoms with Crippen LogP contribution in [0.15, 0.2) is 48.5 Å². The molecule has 1 nitrogen and oxygen atoms in total. The first-order chi connectivity index (χ1) is 8.69. The van der Waals surface area contributed by atoms with Crippen LogP contribution in [0.1, 0.15) is 36.1 Å². The van der Waals surface area contributed by atoms with E-state index in [-0.39, 0.29) is 11.9 Å². The molecular weight excluding hydrogens is 227 g/mol. The van der Waals surface area contributed by atoms with Crippen LogP contribution in [0, 0.1) is 5.82 Å². The summed E-state index contributed by atoms with van der Waals surface area (Å²) >= 11 is 0. The molecule has 2 heteroatoms. The van der Waals surface area contributed by atoms with E-state index in [9.17, 15) is 9.50 Å². The molecule has 0 saturated carbocycles. The number of aliphatic hydroxyl groups excluding tert-OH is 1. The van der Waals surface area contributed by atoms with E-state index in [2.05, 4.69) is 0 Å². The zero-order valence-electron chi connectivity index (χ0n) is 10.4. The zero-order valence-corrected chi connectivity index (χ0v) is 10.4. The van der Waals surface area contributed by atoms with Crippen LogP contribution in [-0.4, -0.2) is 5.11 Å². The van der Waals surface area contributed by atoms with Crippen molar-refractivity contribution in [3.05, 3.63) is 71.0 Å². The van der Waals surface area contributed by atoms with E-state index in [1.165, 1.54) is 12.1 Å². The minimum Gasteiger partial charge on any atom is -0.388 e. The van der Waals surface area contributed by atoms with Crippen LogP contribution >= 0.6 is 0 Å². The van der Waals surface area contributed by atoms with Gasteiger partial charge in [-0.2, -0.15) is 0 Å². The molecule has 0 unspecified atom stereocenters. The lowest BCUT2D eigenvalue weighted by Crippen LogP contribution is -1.95. The van der Waals surface area contributed by atoms with E-state index in [0.717, 1.165) is 29.5 Å². The van der Waals surface area contributed by atoms with Gasteiger partial charge in [0.15, 0.2) is 0 Å². The molecule has 0 bridgehead atoms. The molecule has 0 aliphatic rings. The molecule has 18 heavy (non-hydrogen) atoms. The molecule has 0 saturated heterocycles. The molecule has 0 heterocycles. The quantitative estimate of drug-likeness (QED) is 0.865. The normalized spacial score (nSPS) is 12.4. The molecule has 2 aromatic rings. The summed E-state index contributed by atoms with van der Waals surface area (Å²) in [7, 11) is 0. The first-order valence-corrected chi connectivity index (χ1v) is 6.20. The van der Waals surface area contributed by atoms with Crippen LogP contribution < -0.4 is 0 Å². The highest BCUT2D eigenvalue weighted by molar-refractivity contribution is 5.29. The number of rotatable bonds is 4. The Labute approximate surface area is 107 Å². The summed E-state index contributed by atoms with van der Waals surface area (Å²) in [4.78, 5) is 0. The fraction of sp³-hybridized carbons (Fsp3) is 0.250. The average Bonchev–Trinajstić information content (AvgIpc) is 2.41. The summed E-state index contributed by atoms with van der Waals surface area (Å²) in [6.07, 6.45) is 1.12. The molecule has 0 fully saturated rings. The molecule has 2 rings (SSSR count). The SMILES string of the molecule is CC[C@@H](O)c1ccc(Cc2ccc(F)cc2)cc1. The molecule has 0 aromatic heterocycles. The minimum atomic E-state index is -0.384. The van der Waals surface area contributed by atoms with Crippen molar-refractivity contribution in [2.24, 2.45) is 0 Å². The topological polar surface area (TPSA) is 20.2 Å². The van der Waals surface area contributed by atoms with Gasteiger partial charge >= 0.3 is 0 Å². The van der Waals surface area contributed by atoms with E-state index in [1.54, 1.807) is 12.1 Å². The average molecular weight is 244 g/mol. The fourth-order valence-corrected chi connectivity index (χ4v) is 1.93. The molecule has 0 spiro atoms. The summed E-state index contributed by atoms with van der Waals surface area (Å²) in [6.45, 7) is 1.96. The first kappa shape index (κ1) is 12.8. The van der Waals surface area contributed by atoms with E-state index in [1.807, 2.05) is 31.2 Å². The van der Waals surface area contributed by atoms with Gasteiger partial charge in [0, 0.05) is 0 Å².